The van der Waals surface area contributed by atoms with Crippen molar-refractivity contribution in [3.63, 3.8) is 0 Å². The quantitative estimate of drug-likeness (QED) is 0.375. The second-order valence-electron chi connectivity index (χ2n) is 7.15. The lowest BCUT2D eigenvalue weighted by atomic mass is 10.1. The first-order chi connectivity index (χ1) is 13.1. The molecule has 0 aromatic carbocycles. The van der Waals surface area contributed by atoms with Crippen LogP contribution in [-0.4, -0.2) is 48.8 Å². The van der Waals surface area contributed by atoms with E-state index in [1.54, 1.807) is 0 Å². The predicted octanol–water partition coefficient (Wildman–Crippen LogP) is 2.99. The van der Waals surface area contributed by atoms with E-state index in [1.165, 1.54) is 11.1 Å². The number of rotatable bonds is 5. The fraction of sp³-hybridized carbons (Fsp3) is 0.550. The van der Waals surface area contributed by atoms with Crippen molar-refractivity contribution in [2.24, 2.45) is 4.99 Å². The molecule has 154 valence electrons. The third kappa shape index (κ3) is 5.83. The first-order valence-electron chi connectivity index (χ1n) is 9.63. The van der Waals surface area contributed by atoms with Gasteiger partial charge in [-0.3, -0.25) is 4.99 Å². The number of aromatic nitrogens is 2. The van der Waals surface area contributed by atoms with E-state index in [0.29, 0.717) is 6.04 Å². The lowest BCUT2D eigenvalue weighted by Gasteiger charge is -2.33. The highest BCUT2D eigenvalue weighted by molar-refractivity contribution is 14.0. The summed E-state index contributed by atoms with van der Waals surface area (Å²) in [5.41, 5.74) is 3.34. The summed E-state index contributed by atoms with van der Waals surface area (Å²) in [5.74, 6) is 2.82. The van der Waals surface area contributed by atoms with Crippen LogP contribution < -0.4 is 15.5 Å². The van der Waals surface area contributed by atoms with Gasteiger partial charge < -0.3 is 20.1 Å². The van der Waals surface area contributed by atoms with Gasteiger partial charge in [0.15, 0.2) is 5.96 Å². The smallest absolute Gasteiger partial charge is 0.191 e. The van der Waals surface area contributed by atoms with Gasteiger partial charge in [-0.05, 0) is 51.7 Å². The summed E-state index contributed by atoms with van der Waals surface area (Å²) in [4.78, 5) is 11.3. The van der Waals surface area contributed by atoms with Crippen molar-refractivity contribution in [3.05, 3.63) is 40.9 Å². The summed E-state index contributed by atoms with van der Waals surface area (Å²) in [7, 11) is 1.82. The van der Waals surface area contributed by atoms with Crippen molar-refractivity contribution in [1.82, 2.24) is 20.8 Å². The molecule has 2 N–H and O–H groups in total. The lowest BCUT2D eigenvalue weighted by Crippen LogP contribution is -2.49. The highest BCUT2D eigenvalue weighted by atomic mass is 127. The Kier molecular flexibility index (Phi) is 8.53. The lowest BCUT2D eigenvalue weighted by molar-refractivity contribution is 0.392. The maximum absolute atomic E-state index is 5.22. The number of anilines is 1. The van der Waals surface area contributed by atoms with Crippen molar-refractivity contribution in [3.8, 4) is 0 Å². The number of pyridine rings is 1. The zero-order valence-electron chi connectivity index (χ0n) is 17.2. The van der Waals surface area contributed by atoms with Gasteiger partial charge >= 0.3 is 0 Å². The number of hydrogen-bond acceptors (Lipinski definition) is 5. The molecule has 2 aromatic heterocycles. The Morgan fingerprint density at radius 1 is 1.25 bits per heavy atom. The molecular weight excluding hydrogens is 467 g/mol. The summed E-state index contributed by atoms with van der Waals surface area (Å²) in [5, 5.41) is 11.0. The van der Waals surface area contributed by atoms with Crippen molar-refractivity contribution in [1.29, 1.82) is 0 Å². The Morgan fingerprint density at radius 2 is 2.00 bits per heavy atom. The number of guanidine groups is 1. The Hall–Kier alpha value is -1.84. The summed E-state index contributed by atoms with van der Waals surface area (Å²) in [6.07, 6.45) is 4.95. The standard InChI is InChI=1S/C20H30N6O.HI/c1-14-5-6-19(23-13-14)26-11-8-17(9-12-26)24-20(21-4)22-10-7-18-15(2)25-27-16(18)3;/h5-6,13,17H,7-12H2,1-4H3,(H2,21,22,24);1H. The van der Waals surface area contributed by atoms with Crippen LogP contribution in [0.4, 0.5) is 5.82 Å². The summed E-state index contributed by atoms with van der Waals surface area (Å²) < 4.78 is 5.22. The largest absolute Gasteiger partial charge is 0.361 e. The molecule has 1 aliphatic rings. The normalized spacial score (nSPS) is 15.3. The van der Waals surface area contributed by atoms with Gasteiger partial charge in [-0.25, -0.2) is 4.98 Å². The molecule has 3 heterocycles. The first kappa shape index (κ1) is 22.4. The van der Waals surface area contributed by atoms with E-state index in [4.69, 9.17) is 4.52 Å². The number of halogens is 1. The van der Waals surface area contributed by atoms with E-state index in [0.717, 1.165) is 62.1 Å². The van der Waals surface area contributed by atoms with E-state index in [1.807, 2.05) is 27.1 Å². The van der Waals surface area contributed by atoms with Gasteiger partial charge in [-0.15, -0.1) is 24.0 Å². The molecule has 1 fully saturated rings. The molecule has 0 saturated carbocycles. The minimum atomic E-state index is 0. The number of aliphatic imine (C=N–C) groups is 1. The van der Waals surface area contributed by atoms with E-state index < -0.39 is 0 Å². The molecule has 3 rings (SSSR count). The van der Waals surface area contributed by atoms with Crippen LogP contribution in [0.5, 0.6) is 0 Å². The second kappa shape index (κ2) is 10.6. The minimum absolute atomic E-state index is 0. The predicted molar refractivity (Wildman–Crippen MR) is 124 cm³/mol. The Balaban J connectivity index is 0.00000280. The molecule has 8 heteroatoms. The number of hydrogen-bond donors (Lipinski definition) is 2. The molecule has 2 aromatic rings. The molecule has 0 atom stereocenters. The minimum Gasteiger partial charge on any atom is -0.361 e. The van der Waals surface area contributed by atoms with Crippen LogP contribution in [0.3, 0.4) is 0 Å². The second-order valence-corrected chi connectivity index (χ2v) is 7.15. The number of piperidine rings is 1. The monoisotopic (exact) mass is 498 g/mol. The van der Waals surface area contributed by atoms with Crippen molar-refractivity contribution in [2.45, 2.75) is 46.1 Å². The third-order valence-corrected chi connectivity index (χ3v) is 5.13. The molecule has 7 nitrogen and oxygen atoms in total. The molecule has 0 spiro atoms. The van der Waals surface area contributed by atoms with E-state index >= 15 is 0 Å². The molecule has 1 saturated heterocycles. The average molecular weight is 498 g/mol. The summed E-state index contributed by atoms with van der Waals surface area (Å²) in [6.45, 7) is 8.81. The van der Waals surface area contributed by atoms with Crippen LogP contribution in [-0.2, 0) is 6.42 Å². The fourth-order valence-corrected chi connectivity index (χ4v) is 3.45. The van der Waals surface area contributed by atoms with Crippen molar-refractivity contribution >= 4 is 35.8 Å². The molecule has 0 amide bonds. The molecule has 0 aliphatic carbocycles. The average Bonchev–Trinajstić information content (AvgIpc) is 3.00. The van der Waals surface area contributed by atoms with E-state index in [-0.39, 0.29) is 24.0 Å². The molecule has 28 heavy (non-hydrogen) atoms. The highest BCUT2D eigenvalue weighted by Gasteiger charge is 2.21. The Bertz CT molecular complexity index is 746. The number of nitrogens with zero attached hydrogens (tertiary/aromatic N) is 4. The zero-order valence-corrected chi connectivity index (χ0v) is 19.5. The Morgan fingerprint density at radius 3 is 2.57 bits per heavy atom. The maximum atomic E-state index is 5.22. The van der Waals surface area contributed by atoms with E-state index in [2.05, 4.69) is 49.7 Å². The summed E-state index contributed by atoms with van der Waals surface area (Å²) >= 11 is 0. The van der Waals surface area contributed by atoms with Gasteiger partial charge in [0.2, 0.25) is 0 Å². The number of nitrogens with one attached hydrogen (secondary N) is 2. The van der Waals surface area contributed by atoms with Gasteiger partial charge in [0, 0.05) is 44.5 Å². The van der Waals surface area contributed by atoms with Crippen molar-refractivity contribution < 1.29 is 4.52 Å². The third-order valence-electron chi connectivity index (χ3n) is 5.13. The van der Waals surface area contributed by atoms with E-state index in [9.17, 15) is 0 Å². The molecule has 0 unspecified atom stereocenters. The van der Waals surface area contributed by atoms with Crippen molar-refractivity contribution in [2.75, 3.05) is 31.6 Å². The molecule has 0 bridgehead atoms. The van der Waals surface area contributed by atoms with Gasteiger partial charge in [-0.1, -0.05) is 11.2 Å². The molecule has 0 radical (unpaired) electrons. The topological polar surface area (TPSA) is 78.6 Å². The van der Waals surface area contributed by atoms with Crippen LogP contribution >= 0.6 is 24.0 Å². The molecular formula is C20H31IN6O. The van der Waals surface area contributed by atoms with Crippen LogP contribution in [0, 0.1) is 20.8 Å². The maximum Gasteiger partial charge on any atom is 0.191 e. The van der Waals surface area contributed by atoms with Gasteiger partial charge in [0.25, 0.3) is 0 Å². The van der Waals surface area contributed by atoms with Gasteiger partial charge in [0.05, 0.1) is 5.69 Å². The fourth-order valence-electron chi connectivity index (χ4n) is 3.45. The number of aryl methyl sites for hydroxylation is 3. The SMILES string of the molecule is CN=C(NCCc1c(C)noc1C)NC1CCN(c2ccc(C)cn2)CC1.I. The zero-order chi connectivity index (χ0) is 19.2. The van der Waals surface area contributed by atoms with Crippen LogP contribution in [0.1, 0.15) is 35.4 Å². The molecule has 1 aliphatic heterocycles. The Labute approximate surface area is 184 Å². The van der Waals surface area contributed by atoms with Crippen LogP contribution in [0.25, 0.3) is 0 Å². The summed E-state index contributed by atoms with van der Waals surface area (Å²) in [6, 6.07) is 4.66. The van der Waals surface area contributed by atoms with Gasteiger partial charge in [-0.2, -0.15) is 0 Å². The van der Waals surface area contributed by atoms with Crippen LogP contribution in [0.15, 0.2) is 27.8 Å². The van der Waals surface area contributed by atoms with Crippen LogP contribution in [0.2, 0.25) is 0 Å². The first-order valence-corrected chi connectivity index (χ1v) is 9.63. The highest BCUT2D eigenvalue weighted by Crippen LogP contribution is 2.18. The van der Waals surface area contributed by atoms with Gasteiger partial charge in [0.1, 0.15) is 11.6 Å².